The zero-order valence-electron chi connectivity index (χ0n) is 19.8. The predicted molar refractivity (Wildman–Crippen MR) is 134 cm³/mol. The standard InChI is InChI=1S/C28H29N3O5/c32-17-25-27-23(14-21(35-25)15-26(33)30-12-10-18-5-2-1-3-6-18)22-13-20(8-9-24(22)36-27)31-28(34)19-7-4-11-29-16-19/h1-9,11,13,16,21,23,25,27,32H,10,12,14-15,17H2,(H,30,33)(H,31,34)/t21-,23+,25+,27-/m1/s1. The first-order chi connectivity index (χ1) is 17.6. The molecule has 2 aromatic carbocycles. The first-order valence-corrected chi connectivity index (χ1v) is 12.2. The molecule has 4 atom stereocenters. The highest BCUT2D eigenvalue weighted by Crippen LogP contribution is 2.47. The van der Waals surface area contributed by atoms with Gasteiger partial charge in [-0.3, -0.25) is 14.6 Å². The molecule has 0 unspecified atom stereocenters. The maximum absolute atomic E-state index is 12.6. The number of anilines is 1. The number of benzene rings is 2. The number of ether oxygens (including phenoxy) is 2. The van der Waals surface area contributed by atoms with Crippen LogP contribution in [0.2, 0.25) is 0 Å². The van der Waals surface area contributed by atoms with Gasteiger partial charge in [0.15, 0.2) is 0 Å². The van der Waals surface area contributed by atoms with Gasteiger partial charge in [0.1, 0.15) is 18.0 Å². The van der Waals surface area contributed by atoms with Crippen LogP contribution < -0.4 is 15.4 Å². The van der Waals surface area contributed by atoms with Gasteiger partial charge in [0.25, 0.3) is 5.91 Å². The Morgan fingerprint density at radius 3 is 2.72 bits per heavy atom. The predicted octanol–water partition coefficient (Wildman–Crippen LogP) is 3.08. The van der Waals surface area contributed by atoms with E-state index in [9.17, 15) is 14.7 Å². The minimum absolute atomic E-state index is 0.0525. The van der Waals surface area contributed by atoms with E-state index >= 15 is 0 Å². The lowest BCUT2D eigenvalue weighted by Gasteiger charge is -2.37. The third-order valence-electron chi connectivity index (χ3n) is 6.67. The second kappa shape index (κ2) is 10.9. The van der Waals surface area contributed by atoms with E-state index in [1.54, 1.807) is 24.4 Å². The largest absolute Gasteiger partial charge is 0.487 e. The molecule has 2 aliphatic rings. The fraction of sp³-hybridized carbons (Fsp3) is 0.321. The van der Waals surface area contributed by atoms with Crippen molar-refractivity contribution in [3.8, 4) is 5.75 Å². The highest BCUT2D eigenvalue weighted by atomic mass is 16.6. The summed E-state index contributed by atoms with van der Waals surface area (Å²) in [4.78, 5) is 29.2. The Bertz CT molecular complexity index is 1200. The molecule has 3 aromatic rings. The minimum Gasteiger partial charge on any atom is -0.487 e. The monoisotopic (exact) mass is 487 g/mol. The Labute approximate surface area is 209 Å². The summed E-state index contributed by atoms with van der Waals surface area (Å²) in [6.45, 7) is 0.350. The molecule has 3 heterocycles. The third kappa shape index (κ3) is 5.40. The van der Waals surface area contributed by atoms with Crippen LogP contribution in [0.15, 0.2) is 73.1 Å². The molecule has 2 amide bonds. The SMILES string of the molecule is O=C(C[C@H]1C[C@H]2c3cc(NC(=O)c4cccnc4)ccc3O[C@H]2[C@H](CO)O1)NCCc1ccccc1. The van der Waals surface area contributed by atoms with Crippen molar-refractivity contribution in [2.24, 2.45) is 0 Å². The number of hydrogen-bond donors (Lipinski definition) is 3. The lowest BCUT2D eigenvalue weighted by Crippen LogP contribution is -2.47. The molecule has 0 spiro atoms. The number of nitrogens with one attached hydrogen (secondary N) is 2. The van der Waals surface area contributed by atoms with Gasteiger partial charge in [-0.15, -0.1) is 0 Å². The fourth-order valence-corrected chi connectivity index (χ4v) is 4.94. The first kappa shape index (κ1) is 24.0. The molecule has 5 rings (SSSR count). The molecule has 0 aliphatic carbocycles. The van der Waals surface area contributed by atoms with Crippen molar-refractivity contribution in [2.75, 3.05) is 18.5 Å². The van der Waals surface area contributed by atoms with Crippen LogP contribution in [-0.4, -0.2) is 53.4 Å². The van der Waals surface area contributed by atoms with E-state index < -0.39 is 6.10 Å². The van der Waals surface area contributed by atoms with Crippen LogP contribution in [0.3, 0.4) is 0 Å². The van der Waals surface area contributed by atoms with Crippen molar-refractivity contribution in [3.05, 3.63) is 89.7 Å². The van der Waals surface area contributed by atoms with E-state index in [0.717, 1.165) is 12.0 Å². The lowest BCUT2D eigenvalue weighted by atomic mass is 9.84. The van der Waals surface area contributed by atoms with Crippen LogP contribution in [0.5, 0.6) is 5.75 Å². The van der Waals surface area contributed by atoms with Gasteiger partial charge in [0.05, 0.1) is 24.7 Å². The summed E-state index contributed by atoms with van der Waals surface area (Å²) in [6, 6.07) is 18.9. The Hall–Kier alpha value is -3.75. The van der Waals surface area contributed by atoms with Crippen molar-refractivity contribution in [3.63, 3.8) is 0 Å². The molecule has 36 heavy (non-hydrogen) atoms. The van der Waals surface area contributed by atoms with Gasteiger partial charge in [0.2, 0.25) is 5.91 Å². The number of nitrogens with zero attached hydrogens (tertiary/aromatic N) is 1. The molecule has 3 N–H and O–H groups in total. The van der Waals surface area contributed by atoms with Crippen molar-refractivity contribution >= 4 is 17.5 Å². The number of aliphatic hydroxyl groups is 1. The van der Waals surface area contributed by atoms with E-state index in [2.05, 4.69) is 15.6 Å². The lowest BCUT2D eigenvalue weighted by molar-refractivity contribution is -0.142. The summed E-state index contributed by atoms with van der Waals surface area (Å²) >= 11 is 0. The molecule has 8 nitrogen and oxygen atoms in total. The molecule has 1 saturated heterocycles. The van der Waals surface area contributed by atoms with Crippen LogP contribution in [0, 0.1) is 0 Å². The van der Waals surface area contributed by atoms with Gasteiger partial charge in [-0.1, -0.05) is 30.3 Å². The summed E-state index contributed by atoms with van der Waals surface area (Å²) in [5, 5.41) is 15.8. The topological polar surface area (TPSA) is 110 Å². The number of hydrogen-bond acceptors (Lipinski definition) is 6. The quantitative estimate of drug-likeness (QED) is 0.451. The average molecular weight is 488 g/mol. The third-order valence-corrected chi connectivity index (χ3v) is 6.67. The Balaban J connectivity index is 1.23. The number of carbonyl (C=O) groups excluding carboxylic acids is 2. The van der Waals surface area contributed by atoms with E-state index in [-0.39, 0.29) is 43.0 Å². The van der Waals surface area contributed by atoms with Crippen LogP contribution in [0.4, 0.5) is 5.69 Å². The van der Waals surface area contributed by atoms with E-state index in [1.807, 2.05) is 42.5 Å². The summed E-state index contributed by atoms with van der Waals surface area (Å²) in [6.07, 6.45) is 3.47. The number of pyridine rings is 1. The molecule has 0 bridgehead atoms. The Kier molecular flexibility index (Phi) is 7.25. The number of rotatable bonds is 8. The van der Waals surface area contributed by atoms with Crippen LogP contribution in [-0.2, 0) is 16.0 Å². The molecule has 2 aliphatic heterocycles. The molecule has 186 valence electrons. The molecular weight excluding hydrogens is 458 g/mol. The maximum atomic E-state index is 12.6. The summed E-state index contributed by atoms with van der Waals surface area (Å²) < 4.78 is 12.2. The van der Waals surface area contributed by atoms with Gasteiger partial charge in [0, 0.05) is 36.1 Å². The number of aromatic nitrogens is 1. The molecule has 1 aromatic heterocycles. The number of fused-ring (bicyclic) bond motifs is 3. The van der Waals surface area contributed by atoms with Crippen molar-refractivity contribution in [2.45, 2.75) is 43.5 Å². The summed E-state index contributed by atoms with van der Waals surface area (Å²) in [5.41, 5.74) is 3.23. The van der Waals surface area contributed by atoms with Crippen molar-refractivity contribution < 1.29 is 24.2 Å². The molecule has 0 saturated carbocycles. The second-order valence-electron chi connectivity index (χ2n) is 9.14. The van der Waals surface area contributed by atoms with Crippen LogP contribution >= 0.6 is 0 Å². The number of amides is 2. The van der Waals surface area contributed by atoms with E-state index in [0.29, 0.717) is 30.0 Å². The maximum Gasteiger partial charge on any atom is 0.257 e. The van der Waals surface area contributed by atoms with Gasteiger partial charge >= 0.3 is 0 Å². The normalized spacial score (nSPS) is 22.1. The fourth-order valence-electron chi connectivity index (χ4n) is 4.94. The number of aliphatic hydroxyl groups excluding tert-OH is 1. The number of carbonyl (C=O) groups is 2. The molecule has 1 fully saturated rings. The van der Waals surface area contributed by atoms with Crippen LogP contribution in [0.1, 0.15) is 40.2 Å². The molecule has 0 radical (unpaired) electrons. The summed E-state index contributed by atoms with van der Waals surface area (Å²) in [5.74, 6) is 0.328. The highest BCUT2D eigenvalue weighted by Gasteiger charge is 2.46. The summed E-state index contributed by atoms with van der Waals surface area (Å²) in [7, 11) is 0. The van der Waals surface area contributed by atoms with E-state index in [4.69, 9.17) is 9.47 Å². The average Bonchev–Trinajstić information content (AvgIpc) is 3.27. The van der Waals surface area contributed by atoms with E-state index in [1.165, 1.54) is 11.8 Å². The van der Waals surface area contributed by atoms with Gasteiger partial charge in [-0.05, 0) is 48.7 Å². The zero-order chi connectivity index (χ0) is 24.9. The first-order valence-electron chi connectivity index (χ1n) is 12.2. The van der Waals surface area contributed by atoms with Gasteiger partial charge < -0.3 is 25.2 Å². The molecule has 8 heteroatoms. The highest BCUT2D eigenvalue weighted by molar-refractivity contribution is 6.04. The Morgan fingerprint density at radius 2 is 1.94 bits per heavy atom. The van der Waals surface area contributed by atoms with Crippen molar-refractivity contribution in [1.29, 1.82) is 0 Å². The Morgan fingerprint density at radius 1 is 1.08 bits per heavy atom. The minimum atomic E-state index is -0.535. The van der Waals surface area contributed by atoms with Gasteiger partial charge in [-0.25, -0.2) is 0 Å². The zero-order valence-corrected chi connectivity index (χ0v) is 19.8. The molecular formula is C28H29N3O5. The second-order valence-corrected chi connectivity index (χ2v) is 9.14. The van der Waals surface area contributed by atoms with Crippen molar-refractivity contribution in [1.82, 2.24) is 10.3 Å². The van der Waals surface area contributed by atoms with Gasteiger partial charge in [-0.2, -0.15) is 0 Å². The van der Waals surface area contributed by atoms with Crippen LogP contribution in [0.25, 0.3) is 0 Å². The smallest absolute Gasteiger partial charge is 0.257 e.